The van der Waals surface area contributed by atoms with Crippen molar-refractivity contribution in [1.82, 2.24) is 9.62 Å². The zero-order valence-electron chi connectivity index (χ0n) is 11.8. The molecule has 1 amide bonds. The van der Waals surface area contributed by atoms with Crippen molar-refractivity contribution in [3.8, 4) is 5.75 Å². The number of nitrogens with zero attached hydrogens (tertiary/aromatic N) is 1. The smallest absolute Gasteiger partial charge is 0.406 e. The van der Waals surface area contributed by atoms with Gasteiger partial charge in [-0.05, 0) is 24.3 Å². The first kappa shape index (κ1) is 18.2. The van der Waals surface area contributed by atoms with E-state index in [1.165, 1.54) is 19.0 Å². The van der Waals surface area contributed by atoms with Gasteiger partial charge < -0.3 is 9.64 Å². The Morgan fingerprint density at radius 3 is 2.23 bits per heavy atom. The molecule has 0 aliphatic heterocycles. The number of alkyl halides is 3. The van der Waals surface area contributed by atoms with Crippen LogP contribution in [0, 0.1) is 0 Å². The van der Waals surface area contributed by atoms with Crippen molar-refractivity contribution in [2.75, 3.05) is 20.6 Å². The molecule has 0 radical (unpaired) electrons. The number of sulfonamides is 1. The summed E-state index contributed by atoms with van der Waals surface area (Å²) in [7, 11) is -0.824. The van der Waals surface area contributed by atoms with Crippen molar-refractivity contribution in [1.29, 1.82) is 0 Å². The zero-order valence-corrected chi connectivity index (χ0v) is 12.7. The van der Waals surface area contributed by atoms with Crippen LogP contribution in [0.2, 0.25) is 0 Å². The van der Waals surface area contributed by atoms with Crippen LogP contribution >= 0.6 is 0 Å². The molecule has 0 saturated carbocycles. The van der Waals surface area contributed by atoms with Gasteiger partial charge in [-0.3, -0.25) is 4.79 Å². The molecule has 0 aliphatic carbocycles. The highest BCUT2D eigenvalue weighted by atomic mass is 32.2. The van der Waals surface area contributed by atoms with E-state index in [1.54, 1.807) is 0 Å². The highest BCUT2D eigenvalue weighted by Gasteiger charge is 2.31. The molecule has 22 heavy (non-hydrogen) atoms. The lowest BCUT2D eigenvalue weighted by Crippen LogP contribution is -2.30. The van der Waals surface area contributed by atoms with Crippen LogP contribution in [-0.4, -0.2) is 46.2 Å². The normalized spacial score (nSPS) is 12.0. The summed E-state index contributed by atoms with van der Waals surface area (Å²) in [6.07, 6.45) is -4.87. The first-order valence-corrected chi connectivity index (χ1v) is 7.55. The number of carbonyl (C=O) groups is 1. The van der Waals surface area contributed by atoms with Gasteiger partial charge in [-0.2, -0.15) is 0 Å². The molecular weight excluding hydrogens is 325 g/mol. The van der Waals surface area contributed by atoms with E-state index in [-0.39, 0.29) is 23.8 Å². The largest absolute Gasteiger partial charge is 0.573 e. The van der Waals surface area contributed by atoms with Gasteiger partial charge in [-0.25, -0.2) is 13.1 Å². The van der Waals surface area contributed by atoms with Gasteiger partial charge in [0.25, 0.3) is 0 Å². The summed E-state index contributed by atoms with van der Waals surface area (Å²) in [5, 5.41) is 0. The highest BCUT2D eigenvalue weighted by molar-refractivity contribution is 7.89. The van der Waals surface area contributed by atoms with E-state index in [0.29, 0.717) is 0 Å². The van der Waals surface area contributed by atoms with Crippen molar-refractivity contribution in [2.45, 2.75) is 17.7 Å². The number of halogens is 3. The number of amides is 1. The molecule has 1 rings (SSSR count). The van der Waals surface area contributed by atoms with Crippen LogP contribution in [-0.2, 0) is 14.8 Å². The van der Waals surface area contributed by atoms with Crippen LogP contribution in [0.15, 0.2) is 29.2 Å². The van der Waals surface area contributed by atoms with Crippen molar-refractivity contribution < 1.29 is 31.1 Å². The summed E-state index contributed by atoms with van der Waals surface area (Å²) < 4.78 is 65.6. The minimum absolute atomic E-state index is 0.0263. The second-order valence-electron chi connectivity index (χ2n) is 4.46. The molecule has 0 unspecified atom stereocenters. The third-order valence-corrected chi connectivity index (χ3v) is 3.97. The van der Waals surface area contributed by atoms with Crippen molar-refractivity contribution in [2.24, 2.45) is 0 Å². The minimum Gasteiger partial charge on any atom is -0.406 e. The molecule has 1 aromatic carbocycles. The summed E-state index contributed by atoms with van der Waals surface area (Å²) in [6.45, 7) is -0.111. The first-order valence-electron chi connectivity index (χ1n) is 6.07. The summed E-state index contributed by atoms with van der Waals surface area (Å²) in [5.74, 6) is -0.772. The van der Waals surface area contributed by atoms with Gasteiger partial charge in [0.05, 0.1) is 4.90 Å². The SMILES string of the molecule is CN(C)C(=O)CCNS(=O)(=O)c1ccc(OC(F)(F)F)cc1. The third-order valence-electron chi connectivity index (χ3n) is 2.50. The van der Waals surface area contributed by atoms with Crippen molar-refractivity contribution >= 4 is 15.9 Å². The maximum absolute atomic E-state index is 12.0. The summed E-state index contributed by atoms with van der Waals surface area (Å²) >= 11 is 0. The predicted octanol–water partition coefficient (Wildman–Crippen LogP) is 1.34. The van der Waals surface area contributed by atoms with E-state index in [9.17, 15) is 26.4 Å². The van der Waals surface area contributed by atoms with Crippen molar-refractivity contribution in [3.05, 3.63) is 24.3 Å². The molecule has 1 N–H and O–H groups in total. The lowest BCUT2D eigenvalue weighted by atomic mass is 10.3. The molecule has 0 aliphatic rings. The number of carbonyl (C=O) groups excluding carboxylic acids is 1. The summed E-state index contributed by atoms with van der Waals surface area (Å²) in [5.41, 5.74) is 0. The number of benzene rings is 1. The number of hydrogen-bond donors (Lipinski definition) is 1. The molecule has 6 nitrogen and oxygen atoms in total. The fourth-order valence-electron chi connectivity index (χ4n) is 1.42. The Bertz CT molecular complexity index is 612. The fourth-order valence-corrected chi connectivity index (χ4v) is 2.45. The van der Waals surface area contributed by atoms with Gasteiger partial charge in [0, 0.05) is 27.1 Å². The monoisotopic (exact) mass is 340 g/mol. The molecule has 0 bridgehead atoms. The molecule has 0 atom stereocenters. The number of nitrogens with one attached hydrogen (secondary N) is 1. The Kier molecular flexibility index (Phi) is 5.78. The quantitative estimate of drug-likeness (QED) is 0.848. The average molecular weight is 340 g/mol. The molecule has 0 saturated heterocycles. The standard InChI is InChI=1S/C12H15F3N2O4S/c1-17(2)11(18)7-8-16-22(19,20)10-5-3-9(4-6-10)21-12(13,14)15/h3-6,16H,7-8H2,1-2H3. The Labute approximate surface area is 125 Å². The van der Waals surface area contributed by atoms with Gasteiger partial charge in [-0.15, -0.1) is 13.2 Å². The van der Waals surface area contributed by atoms with Gasteiger partial charge >= 0.3 is 6.36 Å². The molecule has 0 heterocycles. The van der Waals surface area contributed by atoms with Gasteiger partial charge in [0.15, 0.2) is 0 Å². The van der Waals surface area contributed by atoms with Crippen LogP contribution in [0.25, 0.3) is 0 Å². The second kappa shape index (κ2) is 6.97. The second-order valence-corrected chi connectivity index (χ2v) is 6.22. The Hall–Kier alpha value is -1.81. The molecule has 124 valence electrons. The van der Waals surface area contributed by atoms with E-state index in [0.717, 1.165) is 24.3 Å². The maximum Gasteiger partial charge on any atom is 0.573 e. The molecular formula is C12H15F3N2O4S. The maximum atomic E-state index is 12.0. The predicted molar refractivity (Wildman–Crippen MR) is 71.6 cm³/mol. The lowest BCUT2D eigenvalue weighted by molar-refractivity contribution is -0.274. The van der Waals surface area contributed by atoms with Crippen LogP contribution < -0.4 is 9.46 Å². The molecule has 0 aromatic heterocycles. The van der Waals surface area contributed by atoms with Crippen molar-refractivity contribution in [3.63, 3.8) is 0 Å². The molecule has 0 spiro atoms. The molecule has 10 heteroatoms. The summed E-state index contributed by atoms with van der Waals surface area (Å²) in [6, 6.07) is 3.76. The Balaban J connectivity index is 2.68. The van der Waals surface area contributed by atoms with Gasteiger partial charge in [-0.1, -0.05) is 0 Å². The van der Waals surface area contributed by atoms with Crippen LogP contribution in [0.3, 0.4) is 0 Å². The van der Waals surface area contributed by atoms with Gasteiger partial charge in [0.1, 0.15) is 5.75 Å². The van der Waals surface area contributed by atoms with Crippen LogP contribution in [0.1, 0.15) is 6.42 Å². The minimum atomic E-state index is -4.84. The number of ether oxygens (including phenoxy) is 1. The van der Waals surface area contributed by atoms with Crippen LogP contribution in [0.5, 0.6) is 5.75 Å². The number of hydrogen-bond acceptors (Lipinski definition) is 4. The lowest BCUT2D eigenvalue weighted by Gasteiger charge is -2.11. The van der Waals surface area contributed by atoms with Gasteiger partial charge in [0.2, 0.25) is 15.9 Å². The van der Waals surface area contributed by atoms with E-state index in [2.05, 4.69) is 9.46 Å². The first-order chi connectivity index (χ1) is 10.0. The Morgan fingerprint density at radius 1 is 1.23 bits per heavy atom. The topological polar surface area (TPSA) is 75.7 Å². The fraction of sp³-hybridized carbons (Fsp3) is 0.417. The zero-order chi connectivity index (χ0) is 17.0. The van der Waals surface area contributed by atoms with E-state index in [4.69, 9.17) is 0 Å². The Morgan fingerprint density at radius 2 is 1.77 bits per heavy atom. The average Bonchev–Trinajstić information content (AvgIpc) is 2.37. The van der Waals surface area contributed by atoms with E-state index >= 15 is 0 Å². The third kappa shape index (κ3) is 5.90. The summed E-state index contributed by atoms with van der Waals surface area (Å²) in [4.78, 5) is 12.4. The molecule has 1 aromatic rings. The van der Waals surface area contributed by atoms with E-state index in [1.807, 2.05) is 0 Å². The van der Waals surface area contributed by atoms with Crippen LogP contribution in [0.4, 0.5) is 13.2 Å². The molecule has 0 fully saturated rings. The number of rotatable bonds is 6. The highest BCUT2D eigenvalue weighted by Crippen LogP contribution is 2.23. The van der Waals surface area contributed by atoms with E-state index < -0.39 is 22.1 Å².